The zero-order chi connectivity index (χ0) is 8.74. The van der Waals surface area contributed by atoms with Crippen molar-refractivity contribution in [2.24, 2.45) is 0 Å². The Morgan fingerprint density at radius 2 is 1.73 bits per heavy atom. The smallest absolute Gasteiger partial charge is 0.0664 e. The molecule has 0 saturated heterocycles. The predicted octanol–water partition coefficient (Wildman–Crippen LogP) is 1.96. The molecular formula is C9H20O2. The Hall–Kier alpha value is -0.0800. The maximum atomic E-state index is 9.78. The van der Waals surface area contributed by atoms with E-state index < -0.39 is 5.60 Å². The van der Waals surface area contributed by atoms with Gasteiger partial charge < -0.3 is 9.84 Å². The molecule has 2 nitrogen and oxygen atoms in total. The topological polar surface area (TPSA) is 29.5 Å². The first-order valence-electron chi connectivity index (χ1n) is 4.48. The molecule has 68 valence electrons. The van der Waals surface area contributed by atoms with Crippen molar-refractivity contribution in [3.8, 4) is 0 Å². The Kier molecular flexibility index (Phi) is 5.51. The van der Waals surface area contributed by atoms with E-state index in [0.717, 1.165) is 25.9 Å². The Bertz CT molecular complexity index is 87.6. The normalized spacial score (nSPS) is 12.0. The fraction of sp³-hybridized carbons (Fsp3) is 1.00. The van der Waals surface area contributed by atoms with Crippen molar-refractivity contribution < 1.29 is 9.84 Å². The molecule has 0 heterocycles. The number of rotatable bonds is 6. The van der Waals surface area contributed by atoms with Crippen LogP contribution >= 0.6 is 0 Å². The second-order valence-corrected chi connectivity index (χ2v) is 2.88. The summed E-state index contributed by atoms with van der Waals surface area (Å²) in [6, 6.07) is 0. The average molecular weight is 160 g/mol. The van der Waals surface area contributed by atoms with Crippen molar-refractivity contribution in [2.45, 2.75) is 45.6 Å². The first-order valence-corrected chi connectivity index (χ1v) is 4.48. The van der Waals surface area contributed by atoms with Gasteiger partial charge in [0.15, 0.2) is 0 Å². The largest absolute Gasteiger partial charge is 0.390 e. The minimum Gasteiger partial charge on any atom is -0.390 e. The van der Waals surface area contributed by atoms with Gasteiger partial charge in [-0.25, -0.2) is 0 Å². The highest BCUT2D eigenvalue weighted by molar-refractivity contribution is 4.73. The molecule has 11 heavy (non-hydrogen) atoms. The molecule has 1 N–H and O–H groups in total. The lowest BCUT2D eigenvalue weighted by Gasteiger charge is -2.24. The third-order valence-electron chi connectivity index (χ3n) is 2.23. The summed E-state index contributed by atoms with van der Waals surface area (Å²) in [5.41, 5.74) is -0.491. The molecule has 0 fully saturated rings. The molecule has 0 aliphatic rings. The molecular weight excluding hydrogens is 140 g/mol. The molecule has 0 radical (unpaired) electrons. The summed E-state index contributed by atoms with van der Waals surface area (Å²) in [6.07, 6.45) is 2.39. The number of aliphatic hydroxyl groups is 1. The van der Waals surface area contributed by atoms with Crippen LogP contribution in [0.15, 0.2) is 0 Å². The predicted molar refractivity (Wildman–Crippen MR) is 46.6 cm³/mol. The molecule has 0 amide bonds. The van der Waals surface area contributed by atoms with Crippen molar-refractivity contribution >= 4 is 0 Å². The van der Waals surface area contributed by atoms with Gasteiger partial charge in [0, 0.05) is 13.2 Å². The standard InChI is InChI=1S/C9H20O2/c1-4-9(10,5-2)7-8-11-6-3/h10H,4-8H2,1-3H3. The lowest BCUT2D eigenvalue weighted by molar-refractivity contribution is -0.00436. The summed E-state index contributed by atoms with van der Waals surface area (Å²) >= 11 is 0. The Morgan fingerprint density at radius 3 is 2.09 bits per heavy atom. The van der Waals surface area contributed by atoms with Gasteiger partial charge in [-0.2, -0.15) is 0 Å². The first kappa shape index (κ1) is 10.9. The van der Waals surface area contributed by atoms with Crippen LogP contribution < -0.4 is 0 Å². The third kappa shape index (κ3) is 4.38. The molecule has 2 heteroatoms. The van der Waals surface area contributed by atoms with Crippen LogP contribution in [0, 0.1) is 0 Å². The SMILES string of the molecule is CCOCCC(O)(CC)CC. The van der Waals surface area contributed by atoms with Crippen molar-refractivity contribution in [2.75, 3.05) is 13.2 Å². The van der Waals surface area contributed by atoms with E-state index in [2.05, 4.69) is 0 Å². The highest BCUT2D eigenvalue weighted by Gasteiger charge is 2.20. The maximum absolute atomic E-state index is 9.78. The highest BCUT2D eigenvalue weighted by atomic mass is 16.5. The first-order chi connectivity index (χ1) is 5.18. The van der Waals surface area contributed by atoms with Crippen LogP contribution in [-0.2, 0) is 4.74 Å². The van der Waals surface area contributed by atoms with Gasteiger partial charge in [-0.1, -0.05) is 13.8 Å². The van der Waals surface area contributed by atoms with Crippen LogP contribution in [0.2, 0.25) is 0 Å². The van der Waals surface area contributed by atoms with Crippen LogP contribution in [0.4, 0.5) is 0 Å². The monoisotopic (exact) mass is 160 g/mol. The second-order valence-electron chi connectivity index (χ2n) is 2.88. The van der Waals surface area contributed by atoms with Crippen LogP contribution in [-0.4, -0.2) is 23.9 Å². The summed E-state index contributed by atoms with van der Waals surface area (Å²) in [5.74, 6) is 0. The fourth-order valence-corrected chi connectivity index (χ4v) is 1.01. The van der Waals surface area contributed by atoms with Crippen LogP contribution in [0.5, 0.6) is 0 Å². The third-order valence-corrected chi connectivity index (χ3v) is 2.23. The van der Waals surface area contributed by atoms with Crippen molar-refractivity contribution in [1.82, 2.24) is 0 Å². The van der Waals surface area contributed by atoms with E-state index in [1.54, 1.807) is 0 Å². The minimum atomic E-state index is -0.491. The van der Waals surface area contributed by atoms with E-state index in [0.29, 0.717) is 6.61 Å². The van der Waals surface area contributed by atoms with Crippen LogP contribution in [0.25, 0.3) is 0 Å². The lowest BCUT2D eigenvalue weighted by Crippen LogP contribution is -2.28. The molecule has 0 aromatic heterocycles. The number of ether oxygens (including phenoxy) is 1. The number of hydrogen-bond acceptors (Lipinski definition) is 2. The molecule has 0 aliphatic carbocycles. The molecule has 0 atom stereocenters. The van der Waals surface area contributed by atoms with E-state index in [-0.39, 0.29) is 0 Å². The summed E-state index contributed by atoms with van der Waals surface area (Å²) in [5, 5.41) is 9.78. The van der Waals surface area contributed by atoms with Gasteiger partial charge in [0.25, 0.3) is 0 Å². The lowest BCUT2D eigenvalue weighted by atomic mass is 9.94. The number of hydrogen-bond donors (Lipinski definition) is 1. The van der Waals surface area contributed by atoms with Gasteiger partial charge in [-0.15, -0.1) is 0 Å². The van der Waals surface area contributed by atoms with Gasteiger partial charge in [0.1, 0.15) is 0 Å². The molecule has 0 bridgehead atoms. The van der Waals surface area contributed by atoms with Crippen LogP contribution in [0.1, 0.15) is 40.0 Å². The quantitative estimate of drug-likeness (QED) is 0.602. The van der Waals surface area contributed by atoms with E-state index >= 15 is 0 Å². The second kappa shape index (κ2) is 5.56. The molecule has 0 saturated carbocycles. The Balaban J connectivity index is 3.51. The minimum absolute atomic E-state index is 0.491. The van der Waals surface area contributed by atoms with Gasteiger partial charge in [0.05, 0.1) is 5.60 Å². The Morgan fingerprint density at radius 1 is 1.18 bits per heavy atom. The van der Waals surface area contributed by atoms with Crippen molar-refractivity contribution in [3.05, 3.63) is 0 Å². The maximum Gasteiger partial charge on any atom is 0.0664 e. The summed E-state index contributed by atoms with van der Waals surface area (Å²) in [7, 11) is 0. The summed E-state index contributed by atoms with van der Waals surface area (Å²) in [6.45, 7) is 7.40. The summed E-state index contributed by atoms with van der Waals surface area (Å²) in [4.78, 5) is 0. The average Bonchev–Trinajstić information content (AvgIpc) is 2.05. The van der Waals surface area contributed by atoms with E-state index in [1.807, 2.05) is 20.8 Å². The van der Waals surface area contributed by atoms with E-state index in [1.165, 1.54) is 0 Å². The molecule has 0 aromatic carbocycles. The van der Waals surface area contributed by atoms with Gasteiger partial charge in [-0.05, 0) is 26.2 Å². The Labute approximate surface area is 69.6 Å². The van der Waals surface area contributed by atoms with E-state index in [9.17, 15) is 5.11 Å². The summed E-state index contributed by atoms with van der Waals surface area (Å²) < 4.78 is 5.17. The zero-order valence-electron chi connectivity index (χ0n) is 7.89. The van der Waals surface area contributed by atoms with Crippen molar-refractivity contribution in [1.29, 1.82) is 0 Å². The molecule has 0 unspecified atom stereocenters. The van der Waals surface area contributed by atoms with Crippen LogP contribution in [0.3, 0.4) is 0 Å². The molecule has 0 rings (SSSR count). The van der Waals surface area contributed by atoms with Gasteiger partial charge in [0.2, 0.25) is 0 Å². The molecule has 0 spiro atoms. The highest BCUT2D eigenvalue weighted by Crippen LogP contribution is 2.18. The zero-order valence-corrected chi connectivity index (χ0v) is 7.89. The van der Waals surface area contributed by atoms with E-state index in [4.69, 9.17) is 4.74 Å². The fourth-order valence-electron chi connectivity index (χ4n) is 1.01. The molecule has 0 aliphatic heterocycles. The van der Waals surface area contributed by atoms with Gasteiger partial charge >= 0.3 is 0 Å². The van der Waals surface area contributed by atoms with Gasteiger partial charge in [-0.3, -0.25) is 0 Å². The van der Waals surface area contributed by atoms with Crippen molar-refractivity contribution in [3.63, 3.8) is 0 Å². The molecule has 0 aromatic rings.